The highest BCUT2D eigenvalue weighted by atomic mass is 16.3. The molecule has 0 radical (unpaired) electrons. The van der Waals surface area contributed by atoms with Crippen LogP contribution in [0.5, 0.6) is 5.75 Å². The standard InChI is InChI=1S/C21H28N2O/c1-2-3-4-5-16-6-8-17(9-7-16)18-10-12-19(13-11-18)21-22-14-20(24)15-23-21/h10-17,24H,2-9H2,1H3. The number of hydrogen-bond donors (Lipinski definition) is 1. The quantitative estimate of drug-likeness (QED) is 0.693. The lowest BCUT2D eigenvalue weighted by molar-refractivity contribution is 0.303. The largest absolute Gasteiger partial charge is 0.505 e. The van der Waals surface area contributed by atoms with Crippen LogP contribution in [-0.2, 0) is 0 Å². The van der Waals surface area contributed by atoms with Crippen LogP contribution >= 0.6 is 0 Å². The summed E-state index contributed by atoms with van der Waals surface area (Å²) >= 11 is 0. The molecule has 1 aliphatic rings. The Morgan fingerprint density at radius 2 is 1.62 bits per heavy atom. The molecular formula is C21H28N2O. The van der Waals surface area contributed by atoms with Crippen LogP contribution in [0.25, 0.3) is 11.4 Å². The van der Waals surface area contributed by atoms with Crippen molar-refractivity contribution in [1.29, 1.82) is 0 Å². The second kappa shape index (κ2) is 8.27. The van der Waals surface area contributed by atoms with Gasteiger partial charge in [0.15, 0.2) is 11.6 Å². The van der Waals surface area contributed by atoms with E-state index in [9.17, 15) is 5.11 Å². The van der Waals surface area contributed by atoms with E-state index in [2.05, 4.69) is 41.2 Å². The number of aromatic nitrogens is 2. The summed E-state index contributed by atoms with van der Waals surface area (Å²) in [6.07, 6.45) is 13.9. The maximum absolute atomic E-state index is 9.28. The summed E-state index contributed by atoms with van der Waals surface area (Å²) in [5.41, 5.74) is 2.46. The summed E-state index contributed by atoms with van der Waals surface area (Å²) < 4.78 is 0. The van der Waals surface area contributed by atoms with E-state index in [0.29, 0.717) is 11.7 Å². The number of hydrogen-bond acceptors (Lipinski definition) is 3. The van der Waals surface area contributed by atoms with Crippen molar-refractivity contribution in [3.63, 3.8) is 0 Å². The lowest BCUT2D eigenvalue weighted by atomic mass is 9.77. The van der Waals surface area contributed by atoms with Crippen LogP contribution in [0.4, 0.5) is 0 Å². The topological polar surface area (TPSA) is 46.0 Å². The third-order valence-corrected chi connectivity index (χ3v) is 5.34. The Labute approximate surface area is 145 Å². The molecular weight excluding hydrogens is 296 g/mol. The highest BCUT2D eigenvalue weighted by Crippen LogP contribution is 2.38. The molecule has 1 aliphatic carbocycles. The molecule has 128 valence electrons. The summed E-state index contributed by atoms with van der Waals surface area (Å²) in [7, 11) is 0. The van der Waals surface area contributed by atoms with Crippen LogP contribution in [0.3, 0.4) is 0 Å². The van der Waals surface area contributed by atoms with Gasteiger partial charge in [0.25, 0.3) is 0 Å². The number of benzene rings is 1. The zero-order valence-corrected chi connectivity index (χ0v) is 14.6. The Bertz CT molecular complexity index is 613. The van der Waals surface area contributed by atoms with Crippen molar-refractivity contribution in [3.05, 3.63) is 42.2 Å². The molecule has 3 rings (SSSR count). The molecule has 1 heterocycles. The van der Waals surface area contributed by atoms with E-state index in [1.165, 1.54) is 69.3 Å². The number of nitrogens with zero attached hydrogens (tertiary/aromatic N) is 2. The molecule has 1 N–H and O–H groups in total. The van der Waals surface area contributed by atoms with Crippen LogP contribution in [0.2, 0.25) is 0 Å². The van der Waals surface area contributed by atoms with Crippen LogP contribution in [0.1, 0.15) is 69.8 Å². The van der Waals surface area contributed by atoms with Crippen LogP contribution in [0.15, 0.2) is 36.7 Å². The van der Waals surface area contributed by atoms with E-state index in [1.807, 2.05) is 0 Å². The highest BCUT2D eigenvalue weighted by Gasteiger charge is 2.22. The van der Waals surface area contributed by atoms with Gasteiger partial charge in [-0.3, -0.25) is 0 Å². The molecule has 0 aliphatic heterocycles. The second-order valence-electron chi connectivity index (χ2n) is 7.10. The maximum atomic E-state index is 9.28. The average molecular weight is 324 g/mol. The molecule has 2 aromatic rings. The smallest absolute Gasteiger partial charge is 0.159 e. The molecule has 0 spiro atoms. The lowest BCUT2D eigenvalue weighted by Crippen LogP contribution is -2.13. The van der Waals surface area contributed by atoms with Crippen molar-refractivity contribution in [1.82, 2.24) is 9.97 Å². The van der Waals surface area contributed by atoms with E-state index in [1.54, 1.807) is 0 Å². The first kappa shape index (κ1) is 16.9. The molecule has 1 saturated carbocycles. The van der Waals surface area contributed by atoms with Crippen LogP contribution in [0, 0.1) is 5.92 Å². The third kappa shape index (κ3) is 4.34. The number of aromatic hydroxyl groups is 1. The molecule has 0 unspecified atom stereocenters. The molecule has 0 saturated heterocycles. The minimum Gasteiger partial charge on any atom is -0.505 e. The van der Waals surface area contributed by atoms with E-state index < -0.39 is 0 Å². The molecule has 0 amide bonds. The Balaban J connectivity index is 1.56. The Kier molecular flexibility index (Phi) is 5.84. The predicted molar refractivity (Wildman–Crippen MR) is 98.0 cm³/mol. The fraction of sp³-hybridized carbons (Fsp3) is 0.524. The molecule has 1 aromatic carbocycles. The first-order chi connectivity index (χ1) is 11.8. The summed E-state index contributed by atoms with van der Waals surface area (Å²) in [6.45, 7) is 2.28. The fourth-order valence-electron chi connectivity index (χ4n) is 3.84. The van der Waals surface area contributed by atoms with Gasteiger partial charge in [0.1, 0.15) is 0 Å². The van der Waals surface area contributed by atoms with Gasteiger partial charge in [-0.15, -0.1) is 0 Å². The lowest BCUT2D eigenvalue weighted by Gasteiger charge is -2.29. The fourth-order valence-corrected chi connectivity index (χ4v) is 3.84. The van der Waals surface area contributed by atoms with Crippen molar-refractivity contribution in [2.75, 3.05) is 0 Å². The zero-order valence-electron chi connectivity index (χ0n) is 14.6. The van der Waals surface area contributed by atoms with Gasteiger partial charge < -0.3 is 5.11 Å². The normalized spacial score (nSPS) is 20.9. The third-order valence-electron chi connectivity index (χ3n) is 5.34. The van der Waals surface area contributed by atoms with Crippen molar-refractivity contribution < 1.29 is 5.11 Å². The summed E-state index contributed by atoms with van der Waals surface area (Å²) in [4.78, 5) is 8.35. The molecule has 0 bridgehead atoms. The summed E-state index contributed by atoms with van der Waals surface area (Å²) in [5.74, 6) is 2.43. The Morgan fingerprint density at radius 1 is 0.958 bits per heavy atom. The van der Waals surface area contributed by atoms with E-state index in [4.69, 9.17) is 0 Å². The van der Waals surface area contributed by atoms with Gasteiger partial charge in [-0.1, -0.05) is 56.9 Å². The monoisotopic (exact) mass is 324 g/mol. The Morgan fingerprint density at radius 3 is 2.25 bits per heavy atom. The SMILES string of the molecule is CCCCCC1CCC(c2ccc(-c3ncc(O)cn3)cc2)CC1. The minimum atomic E-state index is 0.103. The van der Waals surface area contributed by atoms with E-state index in [-0.39, 0.29) is 5.75 Å². The first-order valence-electron chi connectivity index (χ1n) is 9.37. The van der Waals surface area contributed by atoms with Gasteiger partial charge in [0.05, 0.1) is 12.4 Å². The average Bonchev–Trinajstić information content (AvgIpc) is 2.63. The van der Waals surface area contributed by atoms with Crippen molar-refractivity contribution in [3.8, 4) is 17.1 Å². The van der Waals surface area contributed by atoms with Gasteiger partial charge in [0.2, 0.25) is 0 Å². The van der Waals surface area contributed by atoms with Crippen molar-refractivity contribution in [2.24, 2.45) is 5.92 Å². The summed E-state index contributed by atoms with van der Waals surface area (Å²) in [6, 6.07) is 8.67. The van der Waals surface area contributed by atoms with E-state index >= 15 is 0 Å². The molecule has 1 aromatic heterocycles. The first-order valence-corrected chi connectivity index (χ1v) is 9.37. The Hall–Kier alpha value is -1.90. The molecule has 24 heavy (non-hydrogen) atoms. The van der Waals surface area contributed by atoms with Crippen molar-refractivity contribution >= 4 is 0 Å². The van der Waals surface area contributed by atoms with Gasteiger partial charge in [0, 0.05) is 5.56 Å². The predicted octanol–water partition coefficient (Wildman–Crippen LogP) is 5.70. The maximum Gasteiger partial charge on any atom is 0.159 e. The highest BCUT2D eigenvalue weighted by molar-refractivity contribution is 5.55. The number of unbranched alkanes of at least 4 members (excludes halogenated alkanes) is 2. The van der Waals surface area contributed by atoms with Crippen LogP contribution in [-0.4, -0.2) is 15.1 Å². The second-order valence-corrected chi connectivity index (χ2v) is 7.10. The zero-order chi connectivity index (χ0) is 16.8. The molecule has 0 atom stereocenters. The molecule has 1 fully saturated rings. The minimum absolute atomic E-state index is 0.103. The van der Waals surface area contributed by atoms with Gasteiger partial charge in [-0.05, 0) is 43.1 Å². The number of rotatable bonds is 6. The summed E-state index contributed by atoms with van der Waals surface area (Å²) in [5, 5.41) is 9.28. The van der Waals surface area contributed by atoms with Gasteiger partial charge >= 0.3 is 0 Å². The van der Waals surface area contributed by atoms with Crippen LogP contribution < -0.4 is 0 Å². The molecule has 3 nitrogen and oxygen atoms in total. The molecule has 3 heteroatoms. The van der Waals surface area contributed by atoms with E-state index in [0.717, 1.165) is 11.5 Å². The van der Waals surface area contributed by atoms with Gasteiger partial charge in [-0.2, -0.15) is 0 Å². The van der Waals surface area contributed by atoms with Crippen molar-refractivity contribution in [2.45, 2.75) is 64.2 Å². The van der Waals surface area contributed by atoms with Gasteiger partial charge in [-0.25, -0.2) is 9.97 Å².